The molecule has 1 fully saturated rings. The third kappa shape index (κ3) is 4.60. The van der Waals surface area contributed by atoms with E-state index >= 15 is 0 Å². The normalized spacial score (nSPS) is 19.0. The third-order valence-electron chi connectivity index (χ3n) is 6.01. The molecule has 154 valence electrons. The van der Waals surface area contributed by atoms with Gasteiger partial charge in [0, 0.05) is 32.0 Å². The maximum Gasteiger partial charge on any atom is 0.227 e. The van der Waals surface area contributed by atoms with Gasteiger partial charge in [-0.15, -0.1) is 0 Å². The van der Waals surface area contributed by atoms with Gasteiger partial charge < -0.3 is 5.32 Å². The number of carbonyl (C=O) groups is 1. The summed E-state index contributed by atoms with van der Waals surface area (Å²) in [6.07, 6.45) is 5.30. The van der Waals surface area contributed by atoms with Crippen LogP contribution in [0.4, 0.5) is 0 Å². The fourth-order valence-corrected chi connectivity index (χ4v) is 4.43. The summed E-state index contributed by atoms with van der Waals surface area (Å²) in [4.78, 5) is 19.6. The minimum Gasteiger partial charge on any atom is -0.356 e. The molecule has 1 aliphatic heterocycles. The summed E-state index contributed by atoms with van der Waals surface area (Å²) >= 11 is 0. The van der Waals surface area contributed by atoms with Gasteiger partial charge in [-0.25, -0.2) is 0 Å². The Morgan fingerprint density at radius 1 is 0.967 bits per heavy atom. The molecule has 1 N–H and O–H groups in total. The Bertz CT molecular complexity index is 957. The number of hydrogen-bond acceptors (Lipinski definition) is 3. The predicted molar refractivity (Wildman–Crippen MR) is 121 cm³/mol. The van der Waals surface area contributed by atoms with Gasteiger partial charge in [-0.1, -0.05) is 54.6 Å². The molecule has 3 aromatic rings. The van der Waals surface area contributed by atoms with Gasteiger partial charge in [-0.05, 0) is 60.7 Å². The third-order valence-corrected chi connectivity index (χ3v) is 6.01. The molecule has 4 rings (SSSR count). The molecule has 0 saturated carbocycles. The van der Waals surface area contributed by atoms with Crippen LogP contribution < -0.4 is 5.32 Å². The van der Waals surface area contributed by atoms with E-state index in [0.29, 0.717) is 6.54 Å². The minimum absolute atomic E-state index is 0.175. The molecule has 2 aromatic carbocycles. The van der Waals surface area contributed by atoms with Crippen LogP contribution in [0.15, 0.2) is 79.1 Å². The van der Waals surface area contributed by atoms with Gasteiger partial charge in [0.2, 0.25) is 5.91 Å². The molecule has 1 unspecified atom stereocenters. The first-order chi connectivity index (χ1) is 14.7. The van der Waals surface area contributed by atoms with Crippen LogP contribution in [0.1, 0.15) is 24.5 Å². The van der Waals surface area contributed by atoms with Gasteiger partial charge in [0.1, 0.15) is 0 Å². The molecule has 4 heteroatoms. The highest BCUT2D eigenvalue weighted by atomic mass is 16.2. The van der Waals surface area contributed by atoms with Crippen LogP contribution in [0, 0.1) is 5.41 Å². The fourth-order valence-electron chi connectivity index (χ4n) is 4.43. The molecule has 4 nitrogen and oxygen atoms in total. The number of aromatic nitrogens is 1. The van der Waals surface area contributed by atoms with Gasteiger partial charge in [0.05, 0.1) is 5.41 Å². The zero-order valence-electron chi connectivity index (χ0n) is 17.6. The topological polar surface area (TPSA) is 45.2 Å². The summed E-state index contributed by atoms with van der Waals surface area (Å²) in [5, 5.41) is 3.09. The molecular formula is C26H29N3O. The van der Waals surface area contributed by atoms with Crippen molar-refractivity contribution in [1.29, 1.82) is 0 Å². The largest absolute Gasteiger partial charge is 0.356 e. The molecule has 1 aliphatic rings. The van der Waals surface area contributed by atoms with E-state index in [-0.39, 0.29) is 11.3 Å². The summed E-state index contributed by atoms with van der Waals surface area (Å²) in [6, 6.07) is 23.2. The van der Waals surface area contributed by atoms with Crippen LogP contribution in [-0.4, -0.2) is 35.4 Å². The van der Waals surface area contributed by atoms with E-state index in [2.05, 4.69) is 75.9 Å². The Balaban J connectivity index is 1.51. The molecule has 0 bridgehead atoms. The van der Waals surface area contributed by atoms with Crippen molar-refractivity contribution in [2.24, 2.45) is 5.41 Å². The Morgan fingerprint density at radius 3 is 2.37 bits per heavy atom. The lowest BCUT2D eigenvalue weighted by Crippen LogP contribution is -2.44. The van der Waals surface area contributed by atoms with Crippen molar-refractivity contribution >= 4 is 5.91 Å². The van der Waals surface area contributed by atoms with E-state index in [9.17, 15) is 4.79 Å². The summed E-state index contributed by atoms with van der Waals surface area (Å²) < 4.78 is 0. The molecule has 1 atom stereocenters. The van der Waals surface area contributed by atoms with Crippen molar-refractivity contribution in [3.05, 3.63) is 90.3 Å². The lowest BCUT2D eigenvalue weighted by atomic mass is 9.79. The number of rotatable bonds is 7. The quantitative estimate of drug-likeness (QED) is 0.644. The Labute approximate surface area is 179 Å². The van der Waals surface area contributed by atoms with E-state index < -0.39 is 0 Å². The second-order valence-electron chi connectivity index (χ2n) is 8.20. The lowest BCUT2D eigenvalue weighted by molar-refractivity contribution is -0.130. The average molecular weight is 400 g/mol. The fraction of sp³-hybridized carbons (Fsp3) is 0.308. The van der Waals surface area contributed by atoms with Crippen molar-refractivity contribution in [2.75, 3.05) is 19.6 Å². The summed E-state index contributed by atoms with van der Waals surface area (Å²) in [5.41, 5.74) is 4.50. The van der Waals surface area contributed by atoms with Crippen molar-refractivity contribution in [3.63, 3.8) is 0 Å². The van der Waals surface area contributed by atoms with E-state index in [4.69, 9.17) is 0 Å². The van der Waals surface area contributed by atoms with Crippen LogP contribution in [0.5, 0.6) is 0 Å². The maximum atomic E-state index is 13.1. The zero-order valence-corrected chi connectivity index (χ0v) is 17.6. The van der Waals surface area contributed by atoms with Crippen LogP contribution >= 0.6 is 0 Å². The molecule has 0 radical (unpaired) electrons. The van der Waals surface area contributed by atoms with E-state index in [1.54, 1.807) is 0 Å². The van der Waals surface area contributed by atoms with Crippen molar-refractivity contribution < 1.29 is 4.79 Å². The number of benzene rings is 2. The van der Waals surface area contributed by atoms with Crippen LogP contribution in [0.2, 0.25) is 0 Å². The first-order valence-electron chi connectivity index (χ1n) is 10.7. The molecular weight excluding hydrogens is 370 g/mol. The predicted octanol–water partition coefficient (Wildman–Crippen LogP) is 4.32. The van der Waals surface area contributed by atoms with Crippen molar-refractivity contribution in [1.82, 2.24) is 15.2 Å². The first kappa shape index (κ1) is 20.3. The molecule has 1 saturated heterocycles. The van der Waals surface area contributed by atoms with Gasteiger partial charge in [-0.2, -0.15) is 0 Å². The number of nitrogens with zero attached hydrogens (tertiary/aromatic N) is 2. The Hall–Kier alpha value is -2.98. The van der Waals surface area contributed by atoms with Crippen molar-refractivity contribution in [3.8, 4) is 11.1 Å². The number of nitrogens with one attached hydrogen (secondary N) is 1. The van der Waals surface area contributed by atoms with Gasteiger partial charge >= 0.3 is 0 Å². The minimum atomic E-state index is -0.378. The standard InChI is InChI=1S/C26H29N3O/c1-2-28-25(30)26(14-17-29(20-26)19-22-12-15-27-16-13-22)18-21-8-10-24(11-9-21)23-6-4-3-5-7-23/h3-13,15-16H,2,14,17-20H2,1H3,(H,28,30). The summed E-state index contributed by atoms with van der Waals surface area (Å²) in [5.74, 6) is 0.175. The van der Waals surface area contributed by atoms with E-state index in [1.807, 2.05) is 25.4 Å². The lowest BCUT2D eigenvalue weighted by Gasteiger charge is -2.28. The van der Waals surface area contributed by atoms with Gasteiger partial charge in [0.25, 0.3) is 0 Å². The molecule has 0 spiro atoms. The smallest absolute Gasteiger partial charge is 0.227 e. The second-order valence-corrected chi connectivity index (χ2v) is 8.20. The number of carbonyl (C=O) groups excluding carboxylic acids is 1. The van der Waals surface area contributed by atoms with Gasteiger partial charge in [0.15, 0.2) is 0 Å². The summed E-state index contributed by atoms with van der Waals surface area (Å²) in [7, 11) is 0. The molecule has 2 heterocycles. The zero-order chi connectivity index (χ0) is 20.8. The van der Waals surface area contributed by atoms with Gasteiger partial charge in [-0.3, -0.25) is 14.7 Å². The number of likely N-dealkylation sites (tertiary alicyclic amines) is 1. The first-order valence-corrected chi connectivity index (χ1v) is 10.7. The number of pyridine rings is 1. The highest BCUT2D eigenvalue weighted by molar-refractivity contribution is 5.83. The SMILES string of the molecule is CCNC(=O)C1(Cc2ccc(-c3ccccc3)cc2)CCN(Cc2ccncc2)C1. The Morgan fingerprint density at radius 2 is 1.67 bits per heavy atom. The molecule has 1 amide bonds. The Kier molecular flexibility index (Phi) is 6.24. The van der Waals surface area contributed by atoms with Crippen LogP contribution in [0.3, 0.4) is 0 Å². The molecule has 1 aromatic heterocycles. The number of hydrogen-bond donors (Lipinski definition) is 1. The average Bonchev–Trinajstić information content (AvgIpc) is 3.19. The molecule has 0 aliphatic carbocycles. The van der Waals surface area contributed by atoms with Crippen LogP contribution in [-0.2, 0) is 17.8 Å². The monoisotopic (exact) mass is 399 g/mol. The van der Waals surface area contributed by atoms with Crippen molar-refractivity contribution in [2.45, 2.75) is 26.3 Å². The highest BCUT2D eigenvalue weighted by Crippen LogP contribution is 2.36. The summed E-state index contributed by atoms with van der Waals surface area (Å²) in [6.45, 7) is 5.22. The van der Waals surface area contributed by atoms with E-state index in [0.717, 1.165) is 32.5 Å². The number of amides is 1. The molecule has 30 heavy (non-hydrogen) atoms. The maximum absolute atomic E-state index is 13.1. The van der Waals surface area contributed by atoms with Crippen LogP contribution in [0.25, 0.3) is 11.1 Å². The second kappa shape index (κ2) is 9.23. The van der Waals surface area contributed by atoms with E-state index in [1.165, 1.54) is 22.3 Å². The highest BCUT2D eigenvalue weighted by Gasteiger charge is 2.44.